The Balaban J connectivity index is 2.83. The smallest absolute Gasteiger partial charge is 0.0586 e. The molecule has 4 heteroatoms. The Labute approximate surface area is 93.6 Å². The number of nitrogen functional groups attached to an aromatic ring is 1. The molecule has 0 saturated carbocycles. The van der Waals surface area contributed by atoms with Gasteiger partial charge in [-0.05, 0) is 44.4 Å². The van der Waals surface area contributed by atoms with Crippen molar-refractivity contribution < 1.29 is 0 Å². The van der Waals surface area contributed by atoms with E-state index in [-0.39, 0.29) is 0 Å². The van der Waals surface area contributed by atoms with Crippen molar-refractivity contribution in [3.8, 4) is 0 Å². The summed E-state index contributed by atoms with van der Waals surface area (Å²) >= 11 is 10.9. The van der Waals surface area contributed by atoms with Crippen LogP contribution >= 0.6 is 38.9 Å². The first kappa shape index (κ1) is 9.31. The molecule has 0 bridgehead atoms. The molecule has 1 nitrogen and oxygen atoms in total. The van der Waals surface area contributed by atoms with Crippen LogP contribution in [0.15, 0.2) is 22.0 Å². The van der Waals surface area contributed by atoms with Gasteiger partial charge < -0.3 is 5.73 Å². The zero-order valence-corrected chi connectivity index (χ0v) is 9.84. The summed E-state index contributed by atoms with van der Waals surface area (Å²) in [7, 11) is 0. The monoisotopic (exact) mass is 275 g/mol. The summed E-state index contributed by atoms with van der Waals surface area (Å²) in [5, 5.41) is 3.24. The molecule has 0 aliphatic heterocycles. The van der Waals surface area contributed by atoms with Crippen molar-refractivity contribution in [1.82, 2.24) is 0 Å². The van der Waals surface area contributed by atoms with E-state index in [2.05, 4.69) is 22.0 Å². The van der Waals surface area contributed by atoms with Crippen molar-refractivity contribution >= 4 is 54.6 Å². The van der Waals surface area contributed by atoms with E-state index in [1.165, 1.54) is 10.1 Å². The van der Waals surface area contributed by atoms with E-state index < -0.39 is 0 Å². The number of alkyl halides is 1. The van der Waals surface area contributed by atoms with Gasteiger partial charge in [-0.1, -0.05) is 0 Å². The lowest BCUT2D eigenvalue weighted by Gasteiger charge is -2.05. The van der Waals surface area contributed by atoms with E-state index >= 15 is 0 Å². The van der Waals surface area contributed by atoms with E-state index in [4.69, 9.17) is 17.3 Å². The van der Waals surface area contributed by atoms with Crippen LogP contribution in [0.2, 0.25) is 0 Å². The molecule has 68 valence electrons. The first-order valence-electron chi connectivity index (χ1n) is 3.74. The Bertz CT molecular complexity index is 452. The molecule has 0 saturated heterocycles. The number of nitrogens with two attached hydrogens (primary N) is 1. The Morgan fingerprint density at radius 3 is 3.00 bits per heavy atom. The number of thiophene rings is 1. The molecule has 2 rings (SSSR count). The molecule has 0 amide bonds. The SMILES string of the molecule is Nc1c(CCl)cc2ccsc2c1Br. The second-order valence-electron chi connectivity index (χ2n) is 2.74. The van der Waals surface area contributed by atoms with E-state index in [1.54, 1.807) is 11.3 Å². The van der Waals surface area contributed by atoms with Crippen LogP contribution in [0.25, 0.3) is 10.1 Å². The van der Waals surface area contributed by atoms with Gasteiger partial charge in [-0.2, -0.15) is 0 Å². The molecule has 13 heavy (non-hydrogen) atoms. The Hall–Kier alpha value is -0.250. The standard InChI is InChI=1S/C9H7BrClNS/c10-7-8(12)6(4-11)3-5-1-2-13-9(5)7/h1-3H,4,12H2. The third-order valence-electron chi connectivity index (χ3n) is 1.95. The predicted octanol–water partition coefficient (Wildman–Crippen LogP) is 3.98. The van der Waals surface area contributed by atoms with Crippen molar-refractivity contribution in [2.24, 2.45) is 0 Å². The number of hydrogen-bond acceptors (Lipinski definition) is 2. The van der Waals surface area contributed by atoms with Gasteiger partial charge in [-0.15, -0.1) is 22.9 Å². The van der Waals surface area contributed by atoms with Gasteiger partial charge in [0.05, 0.1) is 14.9 Å². The lowest BCUT2D eigenvalue weighted by Crippen LogP contribution is -1.92. The predicted molar refractivity (Wildman–Crippen MR) is 63.5 cm³/mol. The average molecular weight is 277 g/mol. The van der Waals surface area contributed by atoms with Crippen LogP contribution in [-0.2, 0) is 5.88 Å². The fraction of sp³-hybridized carbons (Fsp3) is 0.111. The molecule has 1 heterocycles. The molecule has 0 unspecified atom stereocenters. The zero-order chi connectivity index (χ0) is 9.42. The van der Waals surface area contributed by atoms with Crippen LogP contribution in [0, 0.1) is 0 Å². The van der Waals surface area contributed by atoms with Gasteiger partial charge in [-0.3, -0.25) is 0 Å². The molecule has 0 aliphatic carbocycles. The quantitative estimate of drug-likeness (QED) is 0.619. The largest absolute Gasteiger partial charge is 0.398 e. The minimum absolute atomic E-state index is 0.455. The highest BCUT2D eigenvalue weighted by atomic mass is 79.9. The average Bonchev–Trinajstić information content (AvgIpc) is 2.59. The van der Waals surface area contributed by atoms with Gasteiger partial charge >= 0.3 is 0 Å². The van der Waals surface area contributed by atoms with Crippen LogP contribution < -0.4 is 5.73 Å². The number of fused-ring (bicyclic) bond motifs is 1. The van der Waals surface area contributed by atoms with Crippen LogP contribution in [0.1, 0.15) is 5.56 Å². The Morgan fingerprint density at radius 2 is 2.31 bits per heavy atom. The van der Waals surface area contributed by atoms with Gasteiger partial charge in [0.2, 0.25) is 0 Å². The molecule has 1 aromatic carbocycles. The Kier molecular flexibility index (Phi) is 2.49. The molecule has 2 aromatic rings. The lowest BCUT2D eigenvalue weighted by atomic mass is 10.1. The van der Waals surface area contributed by atoms with Crippen LogP contribution in [0.3, 0.4) is 0 Å². The zero-order valence-electron chi connectivity index (χ0n) is 6.68. The van der Waals surface area contributed by atoms with Crippen LogP contribution in [0.4, 0.5) is 5.69 Å². The molecule has 0 radical (unpaired) electrons. The molecule has 0 spiro atoms. The Morgan fingerprint density at radius 1 is 1.54 bits per heavy atom. The van der Waals surface area contributed by atoms with E-state index in [9.17, 15) is 0 Å². The molecule has 0 atom stereocenters. The van der Waals surface area contributed by atoms with Crippen molar-refractivity contribution in [3.63, 3.8) is 0 Å². The number of anilines is 1. The van der Waals surface area contributed by atoms with Crippen LogP contribution in [-0.4, -0.2) is 0 Å². The fourth-order valence-electron chi connectivity index (χ4n) is 1.25. The minimum Gasteiger partial charge on any atom is -0.398 e. The first-order valence-corrected chi connectivity index (χ1v) is 5.94. The van der Waals surface area contributed by atoms with Crippen molar-refractivity contribution in [2.75, 3.05) is 5.73 Å². The summed E-state index contributed by atoms with van der Waals surface area (Å²) in [6, 6.07) is 4.11. The van der Waals surface area contributed by atoms with Gasteiger partial charge in [0.1, 0.15) is 0 Å². The van der Waals surface area contributed by atoms with Crippen molar-refractivity contribution in [3.05, 3.63) is 27.5 Å². The highest BCUT2D eigenvalue weighted by Gasteiger charge is 2.08. The second kappa shape index (κ2) is 3.48. The topological polar surface area (TPSA) is 26.0 Å². The van der Waals surface area contributed by atoms with Gasteiger partial charge in [0, 0.05) is 5.88 Å². The highest BCUT2D eigenvalue weighted by molar-refractivity contribution is 9.10. The normalized spacial score (nSPS) is 10.9. The van der Waals surface area contributed by atoms with E-state index in [0.29, 0.717) is 5.88 Å². The number of rotatable bonds is 1. The van der Waals surface area contributed by atoms with Gasteiger partial charge in [0.25, 0.3) is 0 Å². The molecular formula is C9H7BrClNS. The van der Waals surface area contributed by atoms with E-state index in [0.717, 1.165) is 15.7 Å². The maximum absolute atomic E-state index is 5.89. The van der Waals surface area contributed by atoms with E-state index in [1.807, 2.05) is 11.4 Å². The summed E-state index contributed by atoms with van der Waals surface area (Å²) in [5.74, 6) is 0.455. The number of halogens is 2. The summed E-state index contributed by atoms with van der Waals surface area (Å²) in [4.78, 5) is 0. The van der Waals surface area contributed by atoms with Gasteiger partial charge in [-0.25, -0.2) is 0 Å². The lowest BCUT2D eigenvalue weighted by molar-refractivity contribution is 1.42. The minimum atomic E-state index is 0.455. The summed E-state index contributed by atoms with van der Waals surface area (Å²) < 4.78 is 2.15. The third kappa shape index (κ3) is 1.45. The summed E-state index contributed by atoms with van der Waals surface area (Å²) in [6.07, 6.45) is 0. The summed E-state index contributed by atoms with van der Waals surface area (Å²) in [5.41, 5.74) is 7.63. The second-order valence-corrected chi connectivity index (χ2v) is 4.71. The highest BCUT2D eigenvalue weighted by Crippen LogP contribution is 2.36. The molecule has 1 aromatic heterocycles. The maximum Gasteiger partial charge on any atom is 0.0586 e. The number of benzene rings is 1. The van der Waals surface area contributed by atoms with Crippen molar-refractivity contribution in [1.29, 1.82) is 0 Å². The van der Waals surface area contributed by atoms with Crippen LogP contribution in [0.5, 0.6) is 0 Å². The first-order chi connectivity index (χ1) is 6.24. The molecule has 0 fully saturated rings. The van der Waals surface area contributed by atoms with Crippen molar-refractivity contribution in [2.45, 2.75) is 5.88 Å². The molecular weight excluding hydrogens is 270 g/mol. The summed E-state index contributed by atoms with van der Waals surface area (Å²) in [6.45, 7) is 0. The molecule has 0 aliphatic rings. The third-order valence-corrected chi connectivity index (χ3v) is 4.27. The fourth-order valence-corrected chi connectivity index (χ4v) is 3.06. The van der Waals surface area contributed by atoms with Gasteiger partial charge in [0.15, 0.2) is 0 Å². The molecule has 2 N–H and O–H groups in total. The maximum atomic E-state index is 5.89. The number of hydrogen-bond donors (Lipinski definition) is 1.